The maximum Gasteiger partial charge on any atom is 0.252 e. The zero-order chi connectivity index (χ0) is 17.3. The molecule has 5 nitrogen and oxygen atoms in total. The fourth-order valence-corrected chi connectivity index (χ4v) is 4.71. The maximum absolute atomic E-state index is 12.5. The van der Waals surface area contributed by atoms with Crippen LogP contribution in [-0.2, 0) is 10.0 Å². The Morgan fingerprint density at radius 3 is 2.71 bits per heavy atom. The van der Waals surface area contributed by atoms with Crippen LogP contribution in [0.25, 0.3) is 0 Å². The number of halogens is 1. The van der Waals surface area contributed by atoms with Gasteiger partial charge < -0.3 is 5.32 Å². The lowest BCUT2D eigenvalue weighted by Gasteiger charge is -2.14. The van der Waals surface area contributed by atoms with Crippen molar-refractivity contribution in [3.8, 4) is 0 Å². The fourth-order valence-electron chi connectivity index (χ4n) is 2.22. The molecule has 8 heteroatoms. The summed E-state index contributed by atoms with van der Waals surface area (Å²) < 4.78 is 27.8. The summed E-state index contributed by atoms with van der Waals surface area (Å²) in [4.78, 5) is 13.7. The van der Waals surface area contributed by atoms with Gasteiger partial charge in [0.25, 0.3) is 5.91 Å². The molecule has 2 N–H and O–H groups in total. The molecular weight excluding hydrogens is 412 g/mol. The van der Waals surface area contributed by atoms with Crippen LogP contribution in [0.3, 0.4) is 0 Å². The molecule has 0 saturated heterocycles. The highest BCUT2D eigenvalue weighted by molar-refractivity contribution is 9.10. The Labute approximate surface area is 153 Å². The van der Waals surface area contributed by atoms with Crippen LogP contribution in [0.2, 0.25) is 0 Å². The van der Waals surface area contributed by atoms with Gasteiger partial charge in [0.1, 0.15) is 0 Å². The largest absolute Gasteiger partial charge is 0.345 e. The quantitative estimate of drug-likeness (QED) is 0.739. The van der Waals surface area contributed by atoms with E-state index in [1.54, 1.807) is 17.4 Å². The fraction of sp³-hybridized carbons (Fsp3) is 0.312. The van der Waals surface area contributed by atoms with E-state index >= 15 is 0 Å². The molecule has 0 spiro atoms. The molecule has 0 bridgehead atoms. The van der Waals surface area contributed by atoms with Gasteiger partial charge in [-0.1, -0.05) is 6.07 Å². The zero-order valence-corrected chi connectivity index (χ0v) is 16.2. The third-order valence-electron chi connectivity index (χ3n) is 3.71. The van der Waals surface area contributed by atoms with Gasteiger partial charge in [-0.25, -0.2) is 13.1 Å². The minimum atomic E-state index is -3.59. The predicted octanol–water partition coefficient (Wildman–Crippen LogP) is 3.44. The number of rotatable bonds is 6. The number of hydrogen-bond donors (Lipinski definition) is 2. The molecule has 0 radical (unpaired) electrons. The number of nitrogens with one attached hydrogen (secondary N) is 2. The summed E-state index contributed by atoms with van der Waals surface area (Å²) in [5.74, 6) is -0.314. The molecular formula is C16H17BrN2O3S2. The molecule has 1 amide bonds. The molecule has 1 aliphatic carbocycles. The van der Waals surface area contributed by atoms with E-state index in [4.69, 9.17) is 0 Å². The van der Waals surface area contributed by atoms with Crippen LogP contribution in [0.4, 0.5) is 0 Å². The van der Waals surface area contributed by atoms with E-state index < -0.39 is 10.0 Å². The summed E-state index contributed by atoms with van der Waals surface area (Å²) in [6.07, 6.45) is 1.73. The SMILES string of the molecule is C[C@H](NC(=O)c1cc(S(=O)(=O)NC2CC2)ccc1Br)c1cccs1. The normalized spacial score (nSPS) is 15.9. The first-order valence-electron chi connectivity index (χ1n) is 7.53. The first kappa shape index (κ1) is 17.6. The Morgan fingerprint density at radius 1 is 1.33 bits per heavy atom. The molecule has 1 aromatic carbocycles. The van der Waals surface area contributed by atoms with E-state index in [2.05, 4.69) is 26.0 Å². The summed E-state index contributed by atoms with van der Waals surface area (Å²) in [5, 5.41) is 4.85. The second kappa shape index (κ2) is 6.95. The molecule has 0 aliphatic heterocycles. The second-order valence-electron chi connectivity index (χ2n) is 5.75. The third kappa shape index (κ3) is 4.05. The van der Waals surface area contributed by atoms with E-state index in [0.29, 0.717) is 10.0 Å². The Balaban J connectivity index is 1.81. The van der Waals surface area contributed by atoms with Gasteiger partial charge >= 0.3 is 0 Å². The molecule has 24 heavy (non-hydrogen) atoms. The first-order valence-corrected chi connectivity index (χ1v) is 10.7. The van der Waals surface area contributed by atoms with Gasteiger partial charge in [-0.2, -0.15) is 0 Å². The second-order valence-corrected chi connectivity index (χ2v) is 9.30. The monoisotopic (exact) mass is 428 g/mol. The van der Waals surface area contributed by atoms with Crippen LogP contribution in [0.5, 0.6) is 0 Å². The van der Waals surface area contributed by atoms with Crippen molar-refractivity contribution in [3.63, 3.8) is 0 Å². The van der Waals surface area contributed by atoms with Crippen molar-refractivity contribution >= 4 is 43.2 Å². The van der Waals surface area contributed by atoms with Gasteiger partial charge in [0.2, 0.25) is 10.0 Å². The Hall–Kier alpha value is -1.22. The van der Waals surface area contributed by atoms with Gasteiger partial charge in [0.15, 0.2) is 0 Å². The highest BCUT2D eigenvalue weighted by Gasteiger charge is 2.28. The van der Waals surface area contributed by atoms with Crippen molar-refractivity contribution in [3.05, 3.63) is 50.6 Å². The predicted molar refractivity (Wildman–Crippen MR) is 97.7 cm³/mol. The van der Waals surface area contributed by atoms with Crippen molar-refractivity contribution in [1.29, 1.82) is 0 Å². The summed E-state index contributed by atoms with van der Waals surface area (Å²) in [6.45, 7) is 1.90. The summed E-state index contributed by atoms with van der Waals surface area (Å²) in [6, 6.07) is 8.25. The summed E-state index contributed by atoms with van der Waals surface area (Å²) >= 11 is 4.89. The van der Waals surface area contributed by atoms with Crippen LogP contribution >= 0.6 is 27.3 Å². The molecule has 1 fully saturated rings. The van der Waals surface area contributed by atoms with E-state index in [0.717, 1.165) is 17.7 Å². The molecule has 2 aromatic rings. The number of benzene rings is 1. The van der Waals surface area contributed by atoms with Crippen molar-refractivity contribution in [1.82, 2.24) is 10.0 Å². The van der Waals surface area contributed by atoms with Gasteiger partial charge in [0.05, 0.1) is 16.5 Å². The van der Waals surface area contributed by atoms with E-state index in [-0.39, 0.29) is 22.9 Å². The molecule has 1 aliphatic rings. The average molecular weight is 429 g/mol. The van der Waals surface area contributed by atoms with Crippen LogP contribution in [0.1, 0.15) is 41.0 Å². The molecule has 128 valence electrons. The maximum atomic E-state index is 12.5. The first-order chi connectivity index (χ1) is 11.4. The van der Waals surface area contributed by atoms with E-state index in [1.807, 2.05) is 24.4 Å². The van der Waals surface area contributed by atoms with E-state index in [1.165, 1.54) is 12.1 Å². The van der Waals surface area contributed by atoms with Crippen LogP contribution < -0.4 is 10.0 Å². The number of sulfonamides is 1. The number of amides is 1. The Bertz CT molecular complexity index is 846. The Morgan fingerprint density at radius 2 is 2.08 bits per heavy atom. The lowest BCUT2D eigenvalue weighted by Crippen LogP contribution is -2.28. The highest BCUT2D eigenvalue weighted by atomic mass is 79.9. The average Bonchev–Trinajstić information content (AvgIpc) is 3.15. The molecule has 1 aromatic heterocycles. The van der Waals surface area contributed by atoms with Crippen molar-refractivity contribution in [2.24, 2.45) is 0 Å². The van der Waals surface area contributed by atoms with Gasteiger partial charge in [-0.15, -0.1) is 11.3 Å². The van der Waals surface area contributed by atoms with Crippen molar-refractivity contribution in [2.45, 2.75) is 36.7 Å². The summed E-state index contributed by atoms with van der Waals surface area (Å²) in [7, 11) is -3.59. The van der Waals surface area contributed by atoms with Gasteiger partial charge in [-0.05, 0) is 65.3 Å². The third-order valence-corrected chi connectivity index (χ3v) is 6.97. The van der Waals surface area contributed by atoms with Gasteiger partial charge in [-0.3, -0.25) is 4.79 Å². The Kier molecular flexibility index (Phi) is 5.10. The van der Waals surface area contributed by atoms with E-state index in [9.17, 15) is 13.2 Å². The topological polar surface area (TPSA) is 75.3 Å². The molecule has 0 unspecified atom stereocenters. The molecule has 3 rings (SSSR count). The molecule has 1 heterocycles. The minimum Gasteiger partial charge on any atom is -0.345 e. The standard InChI is InChI=1S/C16H17BrN2O3S2/c1-10(15-3-2-8-23-15)18-16(20)13-9-12(6-7-14(13)17)24(21,22)19-11-4-5-11/h2-3,6-11,19H,4-5H2,1H3,(H,18,20)/t10-/m0/s1. The highest BCUT2D eigenvalue weighted by Crippen LogP contribution is 2.26. The van der Waals surface area contributed by atoms with Crippen molar-refractivity contribution < 1.29 is 13.2 Å². The lowest BCUT2D eigenvalue weighted by molar-refractivity contribution is 0.0939. The van der Waals surface area contributed by atoms with Crippen LogP contribution in [-0.4, -0.2) is 20.4 Å². The van der Waals surface area contributed by atoms with Crippen LogP contribution in [0.15, 0.2) is 45.1 Å². The zero-order valence-electron chi connectivity index (χ0n) is 13.0. The molecule has 1 saturated carbocycles. The molecule has 1 atom stereocenters. The number of carbonyl (C=O) groups excluding carboxylic acids is 1. The smallest absolute Gasteiger partial charge is 0.252 e. The lowest BCUT2D eigenvalue weighted by atomic mass is 10.2. The van der Waals surface area contributed by atoms with Crippen LogP contribution in [0, 0.1) is 0 Å². The number of thiophene rings is 1. The van der Waals surface area contributed by atoms with Gasteiger partial charge in [0, 0.05) is 15.4 Å². The minimum absolute atomic E-state index is 0.0229. The van der Waals surface area contributed by atoms with Crippen molar-refractivity contribution in [2.75, 3.05) is 0 Å². The number of hydrogen-bond acceptors (Lipinski definition) is 4. The number of carbonyl (C=O) groups is 1. The summed E-state index contributed by atoms with van der Waals surface area (Å²) in [5.41, 5.74) is 0.303.